The van der Waals surface area contributed by atoms with Crippen molar-refractivity contribution >= 4 is 5.91 Å². The number of amides is 1. The molecule has 3 N–H and O–H groups in total. The Morgan fingerprint density at radius 1 is 1.39 bits per heavy atom. The van der Waals surface area contributed by atoms with E-state index in [4.69, 9.17) is 5.73 Å². The first-order chi connectivity index (χ1) is 8.36. The van der Waals surface area contributed by atoms with Crippen LogP contribution < -0.4 is 11.1 Å². The lowest BCUT2D eigenvalue weighted by atomic mass is 9.81. The Bertz CT molecular complexity index is 286. The Morgan fingerprint density at radius 2 is 2.06 bits per heavy atom. The molecular weight excluding hydrogens is 252 g/mol. The van der Waals surface area contributed by atoms with E-state index in [1.165, 1.54) is 0 Å². The van der Waals surface area contributed by atoms with Gasteiger partial charge in [-0.15, -0.1) is 0 Å². The molecule has 0 heterocycles. The normalized spacial score (nSPS) is 25.2. The average molecular weight is 270 g/mol. The van der Waals surface area contributed by atoms with Crippen LogP contribution in [-0.2, 0) is 4.79 Å². The van der Waals surface area contributed by atoms with Gasteiger partial charge in [-0.3, -0.25) is 4.79 Å². The molecule has 0 aromatic rings. The summed E-state index contributed by atoms with van der Waals surface area (Å²) in [6.45, 7) is -0.857. The maximum atomic E-state index is 12.6. The van der Waals surface area contributed by atoms with E-state index in [2.05, 4.69) is 0 Å². The molecule has 106 valence electrons. The highest BCUT2D eigenvalue weighted by molar-refractivity contribution is 5.78. The van der Waals surface area contributed by atoms with Gasteiger partial charge in [-0.25, -0.2) is 8.78 Å². The van der Waals surface area contributed by atoms with Crippen LogP contribution in [0, 0.1) is 11.8 Å². The predicted octanol–water partition coefficient (Wildman–Crippen LogP) is 1.77. The number of hydrogen-bond acceptors (Lipinski definition) is 2. The molecule has 0 aromatic carbocycles. The second-order valence-electron chi connectivity index (χ2n) is 4.74. The molecule has 0 aliphatic heterocycles. The van der Waals surface area contributed by atoms with E-state index in [1.807, 2.05) is 5.32 Å². The van der Waals surface area contributed by atoms with Crippen molar-refractivity contribution in [1.29, 1.82) is 0 Å². The Morgan fingerprint density at radius 3 is 2.61 bits per heavy atom. The molecule has 0 bridgehead atoms. The summed E-state index contributed by atoms with van der Waals surface area (Å²) >= 11 is 0. The molecule has 18 heavy (non-hydrogen) atoms. The third-order valence-electron chi connectivity index (χ3n) is 3.30. The summed E-state index contributed by atoms with van der Waals surface area (Å²) in [5.41, 5.74) is 5.50. The molecule has 0 aromatic heterocycles. The van der Waals surface area contributed by atoms with Crippen molar-refractivity contribution in [3.8, 4) is 0 Å². The minimum atomic E-state index is -4.17. The molecule has 0 saturated heterocycles. The van der Waals surface area contributed by atoms with E-state index in [1.54, 1.807) is 0 Å². The van der Waals surface area contributed by atoms with Gasteiger partial charge >= 0.3 is 12.3 Å². The standard InChI is InChI=1S/C11H18F4N2O/c12-10(13)11(14,15)6-17-9(18)8-3-1-2-7(4-8)5-16/h7-8,10H,1-6,16H2,(H,17,18). The Balaban J connectivity index is 2.41. The lowest BCUT2D eigenvalue weighted by Crippen LogP contribution is -2.44. The molecule has 7 heteroatoms. The zero-order valence-corrected chi connectivity index (χ0v) is 9.97. The third-order valence-corrected chi connectivity index (χ3v) is 3.30. The summed E-state index contributed by atoms with van der Waals surface area (Å²) in [5, 5.41) is 1.91. The lowest BCUT2D eigenvalue weighted by molar-refractivity contribution is -0.139. The van der Waals surface area contributed by atoms with Gasteiger partial charge in [0.1, 0.15) is 0 Å². The Labute approximate surface area is 103 Å². The fraction of sp³-hybridized carbons (Fsp3) is 0.909. The summed E-state index contributed by atoms with van der Waals surface area (Å²) in [7, 11) is 0. The van der Waals surface area contributed by atoms with Gasteiger partial charge in [-0.1, -0.05) is 6.42 Å². The predicted molar refractivity (Wildman–Crippen MR) is 58.5 cm³/mol. The van der Waals surface area contributed by atoms with Gasteiger partial charge < -0.3 is 11.1 Å². The lowest BCUT2D eigenvalue weighted by Gasteiger charge is -2.28. The van der Waals surface area contributed by atoms with Gasteiger partial charge in [0.05, 0.1) is 6.54 Å². The fourth-order valence-corrected chi connectivity index (χ4v) is 2.17. The zero-order valence-electron chi connectivity index (χ0n) is 9.97. The quantitative estimate of drug-likeness (QED) is 0.748. The van der Waals surface area contributed by atoms with Crippen molar-refractivity contribution in [3.05, 3.63) is 0 Å². The van der Waals surface area contributed by atoms with Crippen molar-refractivity contribution in [2.24, 2.45) is 17.6 Å². The first kappa shape index (κ1) is 15.2. The number of hydrogen-bond donors (Lipinski definition) is 2. The van der Waals surface area contributed by atoms with Gasteiger partial charge in [0.2, 0.25) is 5.91 Å². The number of carbonyl (C=O) groups is 1. The van der Waals surface area contributed by atoms with E-state index >= 15 is 0 Å². The van der Waals surface area contributed by atoms with E-state index in [0.717, 1.165) is 12.8 Å². The molecule has 0 radical (unpaired) electrons. The summed E-state index contributed by atoms with van der Waals surface area (Å²) in [5.74, 6) is -4.92. The number of nitrogens with two attached hydrogens (primary N) is 1. The van der Waals surface area contributed by atoms with E-state index in [0.29, 0.717) is 19.4 Å². The van der Waals surface area contributed by atoms with Crippen molar-refractivity contribution in [2.75, 3.05) is 13.1 Å². The smallest absolute Gasteiger partial charge is 0.324 e. The van der Waals surface area contributed by atoms with Crippen LogP contribution in [0.5, 0.6) is 0 Å². The Hall–Kier alpha value is -0.850. The highest BCUT2D eigenvalue weighted by atomic mass is 19.3. The zero-order chi connectivity index (χ0) is 13.8. The van der Waals surface area contributed by atoms with Crippen LogP contribution in [0.2, 0.25) is 0 Å². The van der Waals surface area contributed by atoms with E-state index in [9.17, 15) is 22.4 Å². The van der Waals surface area contributed by atoms with Gasteiger partial charge in [0.25, 0.3) is 0 Å². The minimum Gasteiger partial charge on any atom is -0.350 e. The molecule has 2 unspecified atom stereocenters. The molecule has 1 aliphatic carbocycles. The van der Waals surface area contributed by atoms with Crippen LogP contribution >= 0.6 is 0 Å². The maximum absolute atomic E-state index is 12.6. The van der Waals surface area contributed by atoms with Crippen LogP contribution in [0.3, 0.4) is 0 Å². The number of alkyl halides is 4. The van der Waals surface area contributed by atoms with Gasteiger partial charge in [-0.05, 0) is 31.7 Å². The largest absolute Gasteiger partial charge is 0.350 e. The van der Waals surface area contributed by atoms with Crippen LogP contribution in [0.15, 0.2) is 0 Å². The molecular formula is C11H18F4N2O. The highest BCUT2D eigenvalue weighted by Crippen LogP contribution is 2.29. The second kappa shape index (κ2) is 6.36. The molecule has 1 fully saturated rings. The highest BCUT2D eigenvalue weighted by Gasteiger charge is 2.41. The van der Waals surface area contributed by atoms with Crippen molar-refractivity contribution in [3.63, 3.8) is 0 Å². The summed E-state index contributed by atoms with van der Waals surface area (Å²) < 4.78 is 49.1. The number of carbonyl (C=O) groups excluding carboxylic acids is 1. The third kappa shape index (κ3) is 4.12. The Kier molecular flexibility index (Phi) is 5.37. The van der Waals surface area contributed by atoms with Gasteiger partial charge in [0.15, 0.2) is 0 Å². The summed E-state index contributed by atoms with van der Waals surface area (Å²) in [6.07, 6.45) is -0.884. The summed E-state index contributed by atoms with van der Waals surface area (Å²) in [4.78, 5) is 11.6. The first-order valence-corrected chi connectivity index (χ1v) is 6.00. The number of rotatable bonds is 5. The van der Waals surface area contributed by atoms with Crippen LogP contribution in [0.4, 0.5) is 17.6 Å². The van der Waals surface area contributed by atoms with Gasteiger partial charge in [-0.2, -0.15) is 8.78 Å². The van der Waals surface area contributed by atoms with Gasteiger partial charge in [0, 0.05) is 5.92 Å². The second-order valence-corrected chi connectivity index (χ2v) is 4.74. The molecule has 0 spiro atoms. The molecule has 1 aliphatic rings. The molecule has 1 saturated carbocycles. The first-order valence-electron chi connectivity index (χ1n) is 6.00. The summed E-state index contributed by atoms with van der Waals surface area (Å²) in [6, 6.07) is 0. The van der Waals surface area contributed by atoms with Crippen molar-refractivity contribution in [1.82, 2.24) is 5.32 Å². The fourth-order valence-electron chi connectivity index (χ4n) is 2.17. The van der Waals surface area contributed by atoms with E-state index in [-0.39, 0.29) is 11.8 Å². The van der Waals surface area contributed by atoms with Crippen LogP contribution in [-0.4, -0.2) is 31.3 Å². The maximum Gasteiger partial charge on any atom is 0.324 e. The topological polar surface area (TPSA) is 55.1 Å². The SMILES string of the molecule is NCC1CCCC(C(=O)NCC(F)(F)C(F)F)C1. The van der Waals surface area contributed by atoms with E-state index < -0.39 is 24.8 Å². The monoisotopic (exact) mass is 270 g/mol. The van der Waals surface area contributed by atoms with Crippen LogP contribution in [0.1, 0.15) is 25.7 Å². The van der Waals surface area contributed by atoms with Crippen molar-refractivity contribution in [2.45, 2.75) is 38.0 Å². The van der Waals surface area contributed by atoms with Crippen LogP contribution in [0.25, 0.3) is 0 Å². The number of halogens is 4. The molecule has 3 nitrogen and oxygen atoms in total. The van der Waals surface area contributed by atoms with Crippen molar-refractivity contribution < 1.29 is 22.4 Å². The number of nitrogens with one attached hydrogen (secondary N) is 1. The molecule has 1 rings (SSSR count). The molecule has 1 amide bonds. The minimum absolute atomic E-state index is 0.213. The molecule has 2 atom stereocenters. The average Bonchev–Trinajstić information content (AvgIpc) is 2.36.